The maximum absolute atomic E-state index is 12.6. The van der Waals surface area contributed by atoms with Crippen molar-refractivity contribution in [1.29, 1.82) is 0 Å². The van der Waals surface area contributed by atoms with Crippen LogP contribution in [0.2, 0.25) is 5.02 Å². The van der Waals surface area contributed by atoms with Crippen molar-refractivity contribution in [1.82, 2.24) is 0 Å². The number of nitrogens with one attached hydrogen (secondary N) is 1. The van der Waals surface area contributed by atoms with Crippen LogP contribution in [0, 0.1) is 0 Å². The van der Waals surface area contributed by atoms with Crippen LogP contribution >= 0.6 is 11.6 Å². The molecule has 1 aromatic carbocycles. The molecule has 0 spiro atoms. The molecule has 1 rings (SSSR count). The second-order valence-corrected chi connectivity index (χ2v) is 4.77. The molecule has 0 aliphatic heterocycles. The van der Waals surface area contributed by atoms with Crippen molar-refractivity contribution in [3.63, 3.8) is 0 Å². The fourth-order valence-electron chi connectivity index (χ4n) is 1.25. The minimum absolute atomic E-state index is 0.197. The second-order valence-electron chi connectivity index (χ2n) is 4.36. The van der Waals surface area contributed by atoms with Crippen LogP contribution < -0.4 is 5.32 Å². The third-order valence-corrected chi connectivity index (χ3v) is 2.48. The molecule has 6 heteroatoms. The van der Waals surface area contributed by atoms with Gasteiger partial charge in [-0.3, -0.25) is 0 Å². The Labute approximate surface area is 102 Å². The van der Waals surface area contributed by atoms with Gasteiger partial charge in [-0.05, 0) is 32.0 Å². The Kier molecular flexibility index (Phi) is 3.94. The van der Waals surface area contributed by atoms with Gasteiger partial charge in [0.2, 0.25) is 0 Å². The van der Waals surface area contributed by atoms with E-state index in [1.54, 1.807) is 13.8 Å². The summed E-state index contributed by atoms with van der Waals surface area (Å²) < 4.78 is 37.7. The predicted octanol–water partition coefficient (Wildman–Crippen LogP) is 3.54. The van der Waals surface area contributed by atoms with E-state index in [1.807, 2.05) is 0 Å². The molecular formula is C11H13ClF3NO. The largest absolute Gasteiger partial charge is 0.417 e. The van der Waals surface area contributed by atoms with Crippen molar-refractivity contribution in [2.75, 3.05) is 11.9 Å². The number of halogens is 4. The first kappa shape index (κ1) is 14.1. The third-order valence-electron chi connectivity index (χ3n) is 2.15. The first-order chi connectivity index (χ1) is 7.65. The molecule has 0 saturated heterocycles. The number of aliphatic hydroxyl groups excluding tert-OH is 1. The Hall–Kier alpha value is -0.940. The van der Waals surface area contributed by atoms with Crippen LogP contribution in [-0.4, -0.2) is 17.3 Å². The Morgan fingerprint density at radius 2 is 1.88 bits per heavy atom. The number of rotatable bonds is 3. The molecule has 0 saturated carbocycles. The Bertz CT molecular complexity index is 404. The highest BCUT2D eigenvalue weighted by molar-refractivity contribution is 6.31. The number of alkyl halides is 3. The summed E-state index contributed by atoms with van der Waals surface area (Å²) in [6.07, 6.45) is -4.49. The maximum Gasteiger partial charge on any atom is 0.417 e. The molecule has 0 fully saturated rings. The highest BCUT2D eigenvalue weighted by Crippen LogP contribution is 2.36. The van der Waals surface area contributed by atoms with Gasteiger partial charge in [0.15, 0.2) is 0 Å². The smallest absolute Gasteiger partial charge is 0.394 e. The van der Waals surface area contributed by atoms with Gasteiger partial charge in [-0.15, -0.1) is 0 Å². The zero-order chi connectivity index (χ0) is 13.3. The lowest BCUT2D eigenvalue weighted by Crippen LogP contribution is -2.34. The van der Waals surface area contributed by atoms with Crippen molar-refractivity contribution in [2.45, 2.75) is 25.6 Å². The van der Waals surface area contributed by atoms with Crippen LogP contribution in [0.15, 0.2) is 18.2 Å². The van der Waals surface area contributed by atoms with Crippen LogP contribution in [0.3, 0.4) is 0 Å². The summed E-state index contributed by atoms with van der Waals surface area (Å²) in [5, 5.41) is 11.5. The molecule has 96 valence electrons. The fourth-order valence-corrected chi connectivity index (χ4v) is 1.48. The van der Waals surface area contributed by atoms with E-state index in [0.717, 1.165) is 6.07 Å². The molecule has 0 bridgehead atoms. The molecule has 0 aliphatic carbocycles. The van der Waals surface area contributed by atoms with Gasteiger partial charge in [-0.1, -0.05) is 11.6 Å². The van der Waals surface area contributed by atoms with Crippen molar-refractivity contribution >= 4 is 17.3 Å². The van der Waals surface area contributed by atoms with E-state index in [-0.39, 0.29) is 17.3 Å². The van der Waals surface area contributed by atoms with Crippen LogP contribution in [0.25, 0.3) is 0 Å². The van der Waals surface area contributed by atoms with E-state index in [0.29, 0.717) is 0 Å². The summed E-state index contributed by atoms with van der Waals surface area (Å²) in [5.74, 6) is 0. The molecule has 2 nitrogen and oxygen atoms in total. The van der Waals surface area contributed by atoms with E-state index >= 15 is 0 Å². The van der Waals surface area contributed by atoms with Crippen LogP contribution in [0.1, 0.15) is 19.4 Å². The van der Waals surface area contributed by atoms with E-state index < -0.39 is 17.3 Å². The minimum Gasteiger partial charge on any atom is -0.394 e. The first-order valence-electron chi connectivity index (χ1n) is 4.91. The predicted molar refractivity (Wildman–Crippen MR) is 61.2 cm³/mol. The van der Waals surface area contributed by atoms with Gasteiger partial charge in [-0.2, -0.15) is 13.2 Å². The molecule has 2 N–H and O–H groups in total. The van der Waals surface area contributed by atoms with E-state index in [9.17, 15) is 13.2 Å². The molecule has 0 radical (unpaired) electrons. The zero-order valence-corrected chi connectivity index (χ0v) is 10.2. The fraction of sp³-hybridized carbons (Fsp3) is 0.455. The van der Waals surface area contributed by atoms with Crippen LogP contribution in [0.4, 0.5) is 18.9 Å². The van der Waals surface area contributed by atoms with Crippen molar-refractivity contribution in [3.05, 3.63) is 28.8 Å². The second kappa shape index (κ2) is 4.74. The van der Waals surface area contributed by atoms with Gasteiger partial charge in [0, 0.05) is 5.69 Å². The Morgan fingerprint density at radius 3 is 2.35 bits per heavy atom. The molecule has 0 atom stereocenters. The summed E-state index contributed by atoms with van der Waals surface area (Å²) in [6.45, 7) is 3.15. The lowest BCUT2D eigenvalue weighted by molar-refractivity contribution is -0.137. The monoisotopic (exact) mass is 267 g/mol. The highest BCUT2D eigenvalue weighted by Gasteiger charge is 2.33. The lowest BCUT2D eigenvalue weighted by Gasteiger charge is -2.25. The zero-order valence-electron chi connectivity index (χ0n) is 9.40. The van der Waals surface area contributed by atoms with Crippen molar-refractivity contribution in [3.8, 4) is 0 Å². The summed E-state index contributed by atoms with van der Waals surface area (Å²) >= 11 is 5.49. The number of hydrogen-bond acceptors (Lipinski definition) is 2. The van der Waals surface area contributed by atoms with Gasteiger partial charge >= 0.3 is 6.18 Å². The molecule has 17 heavy (non-hydrogen) atoms. The molecule has 0 unspecified atom stereocenters. The Morgan fingerprint density at radius 1 is 1.29 bits per heavy atom. The number of anilines is 1. The molecule has 1 aromatic rings. The summed E-state index contributed by atoms with van der Waals surface area (Å²) in [4.78, 5) is 0. The highest BCUT2D eigenvalue weighted by atomic mass is 35.5. The summed E-state index contributed by atoms with van der Waals surface area (Å²) in [6, 6.07) is 3.55. The number of aliphatic hydroxyl groups is 1. The average molecular weight is 268 g/mol. The van der Waals surface area contributed by atoms with E-state index in [2.05, 4.69) is 5.32 Å². The normalized spacial score (nSPS) is 12.6. The van der Waals surface area contributed by atoms with Gasteiger partial charge in [0.05, 0.1) is 22.7 Å². The topological polar surface area (TPSA) is 32.3 Å². The average Bonchev–Trinajstić information content (AvgIpc) is 2.19. The standard InChI is InChI=1S/C11H13ClF3NO/c1-10(2,6-17)16-7-3-4-9(12)8(5-7)11(13,14)15/h3-5,16-17H,6H2,1-2H3. The Balaban J connectivity index is 3.06. The van der Waals surface area contributed by atoms with Gasteiger partial charge in [0.25, 0.3) is 0 Å². The summed E-state index contributed by atoms with van der Waals surface area (Å²) in [7, 11) is 0. The third kappa shape index (κ3) is 3.78. The van der Waals surface area contributed by atoms with Crippen molar-refractivity contribution in [2.24, 2.45) is 0 Å². The minimum atomic E-state index is -4.49. The molecular weight excluding hydrogens is 255 g/mol. The number of hydrogen-bond donors (Lipinski definition) is 2. The number of benzene rings is 1. The van der Waals surface area contributed by atoms with Gasteiger partial charge in [-0.25, -0.2) is 0 Å². The van der Waals surface area contributed by atoms with Crippen LogP contribution in [-0.2, 0) is 6.18 Å². The van der Waals surface area contributed by atoms with E-state index in [4.69, 9.17) is 16.7 Å². The molecule has 0 amide bonds. The summed E-state index contributed by atoms with van der Waals surface area (Å²) in [5.41, 5.74) is -1.32. The van der Waals surface area contributed by atoms with Gasteiger partial charge < -0.3 is 10.4 Å². The SMILES string of the molecule is CC(C)(CO)Nc1ccc(Cl)c(C(F)(F)F)c1. The van der Waals surface area contributed by atoms with Crippen molar-refractivity contribution < 1.29 is 18.3 Å². The molecule has 0 aliphatic rings. The molecule has 0 heterocycles. The van der Waals surface area contributed by atoms with Gasteiger partial charge in [0.1, 0.15) is 0 Å². The van der Waals surface area contributed by atoms with E-state index in [1.165, 1.54) is 12.1 Å². The molecule has 0 aromatic heterocycles. The van der Waals surface area contributed by atoms with Crippen LogP contribution in [0.5, 0.6) is 0 Å². The quantitative estimate of drug-likeness (QED) is 0.878. The maximum atomic E-state index is 12.6. The first-order valence-corrected chi connectivity index (χ1v) is 5.29. The lowest BCUT2D eigenvalue weighted by atomic mass is 10.1.